The minimum atomic E-state index is -0.548. The Hall–Kier alpha value is -3.75. The van der Waals surface area contributed by atoms with Gasteiger partial charge in [-0.1, -0.05) is 0 Å². The number of hydrogen-bond donors (Lipinski definition) is 1. The van der Waals surface area contributed by atoms with Gasteiger partial charge in [-0.2, -0.15) is 5.10 Å². The largest absolute Gasteiger partial charge is 0.465 e. The van der Waals surface area contributed by atoms with Gasteiger partial charge in [0.25, 0.3) is 5.56 Å². The number of fused-ring (bicyclic) bond motifs is 3. The molecule has 4 rings (SSSR count). The van der Waals surface area contributed by atoms with Gasteiger partial charge in [-0.15, -0.1) is 0 Å². The predicted octanol–water partition coefficient (Wildman–Crippen LogP) is 0.817. The molecule has 0 aliphatic carbocycles. The predicted molar refractivity (Wildman–Crippen MR) is 92.8 cm³/mol. The van der Waals surface area contributed by atoms with Gasteiger partial charge in [0.2, 0.25) is 5.43 Å². The van der Waals surface area contributed by atoms with Crippen molar-refractivity contribution in [2.45, 2.75) is 6.92 Å². The maximum atomic E-state index is 12.8. The molecule has 0 saturated heterocycles. The number of methoxy groups -OCH3 is 1. The van der Waals surface area contributed by atoms with E-state index in [0.29, 0.717) is 16.9 Å². The van der Waals surface area contributed by atoms with Gasteiger partial charge >= 0.3 is 5.97 Å². The van der Waals surface area contributed by atoms with Crippen LogP contribution in [0.3, 0.4) is 0 Å². The second-order valence-electron chi connectivity index (χ2n) is 5.63. The zero-order valence-corrected chi connectivity index (χ0v) is 13.9. The van der Waals surface area contributed by atoms with E-state index < -0.39 is 11.5 Å². The molecule has 0 fully saturated rings. The number of ether oxygens (including phenoxy) is 1. The Morgan fingerprint density at radius 2 is 2.08 bits per heavy atom. The van der Waals surface area contributed by atoms with Crippen LogP contribution in [-0.4, -0.2) is 37.2 Å². The molecule has 0 aliphatic heterocycles. The molecule has 4 aromatic rings. The molecule has 0 spiro atoms. The molecule has 0 aliphatic rings. The quantitative estimate of drug-likeness (QED) is 0.535. The number of pyridine rings is 2. The fourth-order valence-corrected chi connectivity index (χ4v) is 2.90. The Morgan fingerprint density at radius 3 is 2.81 bits per heavy atom. The van der Waals surface area contributed by atoms with Gasteiger partial charge in [-0.05, 0) is 13.0 Å². The highest BCUT2D eigenvalue weighted by molar-refractivity contribution is 5.98. The molecule has 0 radical (unpaired) electrons. The highest BCUT2D eigenvalue weighted by Crippen LogP contribution is 2.19. The first kappa shape index (κ1) is 15.8. The van der Waals surface area contributed by atoms with E-state index in [1.165, 1.54) is 47.0 Å². The molecule has 9 nitrogen and oxygen atoms in total. The summed E-state index contributed by atoms with van der Waals surface area (Å²) in [5, 5.41) is 4.57. The van der Waals surface area contributed by atoms with Crippen molar-refractivity contribution >= 4 is 22.5 Å². The summed E-state index contributed by atoms with van der Waals surface area (Å²) in [4.78, 5) is 43.8. The summed E-state index contributed by atoms with van der Waals surface area (Å²) in [6.45, 7) is 1.66. The summed E-state index contributed by atoms with van der Waals surface area (Å²) >= 11 is 0. The number of aryl methyl sites for hydroxylation is 1. The Balaban J connectivity index is 2.05. The molecule has 4 heterocycles. The highest BCUT2D eigenvalue weighted by Gasteiger charge is 2.21. The van der Waals surface area contributed by atoms with Gasteiger partial charge in [0.15, 0.2) is 5.65 Å². The summed E-state index contributed by atoms with van der Waals surface area (Å²) in [5.74, 6) is -0.548. The van der Waals surface area contributed by atoms with E-state index in [1.807, 2.05) is 0 Å². The van der Waals surface area contributed by atoms with Gasteiger partial charge < -0.3 is 9.72 Å². The number of H-pyrrole nitrogens is 1. The molecule has 0 aromatic carbocycles. The van der Waals surface area contributed by atoms with Crippen LogP contribution in [-0.2, 0) is 4.74 Å². The van der Waals surface area contributed by atoms with Crippen LogP contribution < -0.4 is 11.0 Å². The third-order valence-corrected chi connectivity index (χ3v) is 4.14. The van der Waals surface area contributed by atoms with Crippen molar-refractivity contribution in [3.8, 4) is 5.69 Å². The van der Waals surface area contributed by atoms with E-state index >= 15 is 0 Å². The average Bonchev–Trinajstić information content (AvgIpc) is 2.98. The van der Waals surface area contributed by atoms with Crippen LogP contribution in [0.1, 0.15) is 16.1 Å². The molecule has 0 unspecified atom stereocenters. The fourth-order valence-electron chi connectivity index (χ4n) is 2.90. The van der Waals surface area contributed by atoms with Gasteiger partial charge in [-0.25, -0.2) is 14.3 Å². The summed E-state index contributed by atoms with van der Waals surface area (Å²) in [5.41, 5.74) is 0.965. The second-order valence-corrected chi connectivity index (χ2v) is 5.63. The minimum absolute atomic E-state index is 0.200. The number of hydrogen-bond acceptors (Lipinski definition) is 6. The van der Waals surface area contributed by atoms with E-state index in [9.17, 15) is 14.4 Å². The fraction of sp³-hybridized carbons (Fsp3) is 0.118. The average molecular weight is 351 g/mol. The number of carbonyl (C=O) groups is 1. The van der Waals surface area contributed by atoms with E-state index in [0.717, 1.165) is 0 Å². The Bertz CT molecular complexity index is 1300. The van der Waals surface area contributed by atoms with Crippen LogP contribution in [0.5, 0.6) is 0 Å². The molecule has 0 atom stereocenters. The van der Waals surface area contributed by atoms with Crippen LogP contribution >= 0.6 is 0 Å². The number of nitrogens with one attached hydrogen (secondary N) is 1. The van der Waals surface area contributed by atoms with Crippen molar-refractivity contribution in [1.29, 1.82) is 0 Å². The minimum Gasteiger partial charge on any atom is -0.465 e. The van der Waals surface area contributed by atoms with E-state index in [4.69, 9.17) is 4.74 Å². The molecular weight excluding hydrogens is 338 g/mol. The number of esters is 1. The highest BCUT2D eigenvalue weighted by atomic mass is 16.5. The van der Waals surface area contributed by atoms with Crippen molar-refractivity contribution in [2.24, 2.45) is 0 Å². The first-order chi connectivity index (χ1) is 12.5. The standard InChI is InChI=1S/C17H13N5O4/c1-9-14(17(25)26-2)15-19-7-10-11(22(15)20-9)4-6-21(16(10)24)12-8-18-5-3-13(12)23/h3-8H,1-2H3,(H,18,23). The van der Waals surface area contributed by atoms with E-state index in [1.54, 1.807) is 13.0 Å². The third kappa shape index (κ3) is 2.14. The van der Waals surface area contributed by atoms with Crippen LogP contribution in [0.4, 0.5) is 0 Å². The third-order valence-electron chi connectivity index (χ3n) is 4.14. The van der Waals surface area contributed by atoms with Gasteiger partial charge in [-0.3, -0.25) is 14.2 Å². The van der Waals surface area contributed by atoms with Crippen molar-refractivity contribution in [3.63, 3.8) is 0 Å². The summed E-state index contributed by atoms with van der Waals surface area (Å²) < 4.78 is 7.44. The second kappa shape index (κ2) is 5.66. The normalized spacial score (nSPS) is 11.2. The summed E-state index contributed by atoms with van der Waals surface area (Å²) in [6, 6.07) is 2.98. The van der Waals surface area contributed by atoms with Crippen molar-refractivity contribution in [2.75, 3.05) is 7.11 Å². The molecule has 130 valence electrons. The lowest BCUT2D eigenvalue weighted by Gasteiger charge is -2.07. The molecular formula is C17H13N5O4. The molecule has 4 aromatic heterocycles. The smallest absolute Gasteiger partial charge is 0.343 e. The SMILES string of the molecule is COC(=O)c1c(C)nn2c1ncc1c(=O)n(-c3c[nH]ccc3=O)ccc12. The van der Waals surface area contributed by atoms with Gasteiger partial charge in [0.1, 0.15) is 11.3 Å². The van der Waals surface area contributed by atoms with Crippen molar-refractivity contribution in [1.82, 2.24) is 24.1 Å². The molecule has 0 saturated carbocycles. The van der Waals surface area contributed by atoms with Crippen molar-refractivity contribution < 1.29 is 9.53 Å². The van der Waals surface area contributed by atoms with Gasteiger partial charge in [0.05, 0.1) is 23.7 Å². The van der Waals surface area contributed by atoms with Crippen LogP contribution in [0, 0.1) is 6.92 Å². The van der Waals surface area contributed by atoms with Crippen molar-refractivity contribution in [3.05, 3.63) is 68.8 Å². The molecule has 1 N–H and O–H groups in total. The lowest BCUT2D eigenvalue weighted by molar-refractivity contribution is 0.0602. The maximum Gasteiger partial charge on any atom is 0.343 e. The number of aromatic amines is 1. The Labute approximate surface area is 145 Å². The Morgan fingerprint density at radius 1 is 1.27 bits per heavy atom. The van der Waals surface area contributed by atoms with E-state index in [2.05, 4.69) is 15.1 Å². The first-order valence-corrected chi connectivity index (χ1v) is 7.68. The topological polar surface area (TPSA) is 111 Å². The monoisotopic (exact) mass is 351 g/mol. The van der Waals surface area contributed by atoms with Crippen LogP contribution in [0.25, 0.3) is 22.2 Å². The Kier molecular flexibility index (Phi) is 3.43. The summed E-state index contributed by atoms with van der Waals surface area (Å²) in [7, 11) is 1.28. The molecule has 26 heavy (non-hydrogen) atoms. The zero-order valence-electron chi connectivity index (χ0n) is 13.9. The lowest BCUT2D eigenvalue weighted by atomic mass is 10.2. The summed E-state index contributed by atoms with van der Waals surface area (Å²) in [6.07, 6.45) is 5.80. The van der Waals surface area contributed by atoms with Crippen LogP contribution in [0.2, 0.25) is 0 Å². The zero-order chi connectivity index (χ0) is 18.4. The molecule has 0 bridgehead atoms. The van der Waals surface area contributed by atoms with Crippen LogP contribution in [0.15, 0.2) is 46.5 Å². The number of rotatable bonds is 2. The molecule has 9 heteroatoms. The lowest BCUT2D eigenvalue weighted by Crippen LogP contribution is -2.23. The first-order valence-electron chi connectivity index (χ1n) is 7.68. The maximum absolute atomic E-state index is 12.8. The number of carbonyl (C=O) groups excluding carboxylic acids is 1. The number of aromatic nitrogens is 5. The van der Waals surface area contributed by atoms with Gasteiger partial charge in [0, 0.05) is 30.9 Å². The number of nitrogens with zero attached hydrogens (tertiary/aromatic N) is 4. The van der Waals surface area contributed by atoms with E-state index in [-0.39, 0.29) is 22.1 Å². The molecule has 0 amide bonds.